The third-order valence-electron chi connectivity index (χ3n) is 7.14. The highest BCUT2D eigenvalue weighted by Gasteiger charge is 2.49. The predicted molar refractivity (Wildman–Crippen MR) is 181 cm³/mol. The van der Waals surface area contributed by atoms with Crippen molar-refractivity contribution in [2.75, 3.05) is 0 Å². The third kappa shape index (κ3) is 6.97. The van der Waals surface area contributed by atoms with Crippen LogP contribution in [0.4, 0.5) is 0 Å². The Labute approximate surface area is 264 Å². The fourth-order valence-corrected chi connectivity index (χ4v) is 6.82. The van der Waals surface area contributed by atoms with E-state index in [1.807, 2.05) is 29.2 Å². The molecule has 0 N–H and O–H groups in total. The van der Waals surface area contributed by atoms with Crippen molar-refractivity contribution >= 4 is 60.1 Å². The quantitative estimate of drug-likeness (QED) is 0.184. The van der Waals surface area contributed by atoms with Crippen LogP contribution < -0.4 is 0 Å². The number of benzene rings is 4. The number of thioether (sulfide) groups is 1. The highest BCUT2D eigenvalue weighted by atomic mass is 79.9. The number of rotatable bonds is 8. The lowest BCUT2D eigenvalue weighted by Gasteiger charge is -2.37. The molecule has 1 heterocycles. The standard InChI is InChI=1S/C36H33Br2NOS/c1-35(2,3)39-32(28-10-6-4-7-11-28)23-36(34(39)40,22-26-14-18-30(37)19-15-26)24-33(29-12-8-5-9-13-29)41-25-27-16-20-31(38)21-17-27/h4-21,23-24H,22,25H2,1-3H3/b33-24-. The van der Waals surface area contributed by atoms with Gasteiger partial charge in [-0.1, -0.05) is 123 Å². The summed E-state index contributed by atoms with van der Waals surface area (Å²) in [6, 6.07) is 37.5. The van der Waals surface area contributed by atoms with Crippen LogP contribution in [-0.2, 0) is 17.0 Å². The normalized spacial score (nSPS) is 17.6. The van der Waals surface area contributed by atoms with Gasteiger partial charge in [-0.3, -0.25) is 4.79 Å². The number of nitrogens with zero attached hydrogens (tertiary/aromatic N) is 1. The van der Waals surface area contributed by atoms with Crippen LogP contribution in [0.15, 0.2) is 130 Å². The number of carbonyl (C=O) groups excluding carboxylic acids is 1. The van der Waals surface area contributed by atoms with Gasteiger partial charge in [0.2, 0.25) is 5.91 Å². The third-order valence-corrected chi connectivity index (χ3v) is 9.34. The molecule has 4 aromatic rings. The summed E-state index contributed by atoms with van der Waals surface area (Å²) in [5, 5.41) is 0. The Morgan fingerprint density at radius 3 is 1.88 bits per heavy atom. The molecule has 41 heavy (non-hydrogen) atoms. The van der Waals surface area contributed by atoms with E-state index in [1.165, 1.54) is 5.56 Å². The zero-order chi connectivity index (χ0) is 29.0. The van der Waals surface area contributed by atoms with Gasteiger partial charge in [-0.25, -0.2) is 0 Å². The predicted octanol–water partition coefficient (Wildman–Crippen LogP) is 10.4. The summed E-state index contributed by atoms with van der Waals surface area (Å²) in [4.78, 5) is 17.9. The van der Waals surface area contributed by atoms with Crippen molar-refractivity contribution in [1.82, 2.24) is 4.90 Å². The van der Waals surface area contributed by atoms with E-state index in [-0.39, 0.29) is 5.91 Å². The molecule has 1 unspecified atom stereocenters. The summed E-state index contributed by atoms with van der Waals surface area (Å²) in [6.45, 7) is 6.34. The molecular weight excluding hydrogens is 654 g/mol. The van der Waals surface area contributed by atoms with Crippen molar-refractivity contribution in [1.29, 1.82) is 0 Å². The van der Waals surface area contributed by atoms with Gasteiger partial charge in [-0.05, 0) is 79.8 Å². The lowest BCUT2D eigenvalue weighted by Crippen LogP contribution is -2.46. The lowest BCUT2D eigenvalue weighted by molar-refractivity contribution is -0.135. The summed E-state index contributed by atoms with van der Waals surface area (Å²) >= 11 is 8.90. The number of amides is 1. The maximum Gasteiger partial charge on any atom is 0.241 e. The van der Waals surface area contributed by atoms with Crippen LogP contribution in [0.1, 0.15) is 43.0 Å². The Bertz CT molecular complexity index is 1560. The van der Waals surface area contributed by atoms with Gasteiger partial charge >= 0.3 is 0 Å². The average molecular weight is 688 g/mol. The van der Waals surface area contributed by atoms with Crippen LogP contribution in [0.25, 0.3) is 10.6 Å². The Kier molecular flexibility index (Phi) is 9.08. The molecule has 0 bridgehead atoms. The second kappa shape index (κ2) is 12.6. The van der Waals surface area contributed by atoms with E-state index in [0.29, 0.717) is 6.42 Å². The lowest BCUT2D eigenvalue weighted by atomic mass is 9.80. The van der Waals surface area contributed by atoms with E-state index in [9.17, 15) is 4.79 Å². The summed E-state index contributed by atoms with van der Waals surface area (Å²) in [5.41, 5.74) is 4.21. The molecule has 5 rings (SSSR count). The molecule has 0 saturated carbocycles. The summed E-state index contributed by atoms with van der Waals surface area (Å²) < 4.78 is 2.09. The topological polar surface area (TPSA) is 20.3 Å². The first kappa shape index (κ1) is 29.6. The molecule has 5 heteroatoms. The summed E-state index contributed by atoms with van der Waals surface area (Å²) in [5.74, 6) is 0.902. The SMILES string of the molecule is CC(C)(C)N1C(=O)C(/C=C(\SCc2ccc(Br)cc2)c2ccccc2)(Cc2ccc(Br)cc2)C=C1c1ccccc1. The van der Waals surface area contributed by atoms with E-state index in [0.717, 1.165) is 42.0 Å². The van der Waals surface area contributed by atoms with Gasteiger partial charge in [-0.2, -0.15) is 0 Å². The van der Waals surface area contributed by atoms with Crippen LogP contribution in [0.3, 0.4) is 0 Å². The largest absolute Gasteiger partial charge is 0.306 e. The Morgan fingerprint density at radius 2 is 1.32 bits per heavy atom. The van der Waals surface area contributed by atoms with Gasteiger partial charge in [0.1, 0.15) is 0 Å². The van der Waals surface area contributed by atoms with E-state index < -0.39 is 11.0 Å². The van der Waals surface area contributed by atoms with Crippen molar-refractivity contribution in [2.24, 2.45) is 5.41 Å². The molecule has 4 aromatic carbocycles. The Morgan fingerprint density at radius 1 is 0.780 bits per heavy atom. The summed E-state index contributed by atoms with van der Waals surface area (Å²) in [7, 11) is 0. The fourth-order valence-electron chi connectivity index (χ4n) is 5.18. The monoisotopic (exact) mass is 685 g/mol. The number of hydrogen-bond acceptors (Lipinski definition) is 2. The van der Waals surface area contributed by atoms with Crippen LogP contribution in [0.2, 0.25) is 0 Å². The molecule has 1 aliphatic rings. The number of halogens is 2. The van der Waals surface area contributed by atoms with E-state index in [4.69, 9.17) is 0 Å². The van der Waals surface area contributed by atoms with Gasteiger partial charge in [0.05, 0.1) is 5.41 Å². The van der Waals surface area contributed by atoms with Crippen LogP contribution >= 0.6 is 43.6 Å². The molecule has 1 amide bonds. The highest BCUT2D eigenvalue weighted by Crippen LogP contribution is 2.47. The van der Waals surface area contributed by atoms with Gasteiger partial charge in [-0.15, -0.1) is 11.8 Å². The smallest absolute Gasteiger partial charge is 0.241 e. The molecular formula is C36H33Br2NOS. The molecule has 1 aliphatic heterocycles. The van der Waals surface area contributed by atoms with Crippen LogP contribution in [0, 0.1) is 5.41 Å². The summed E-state index contributed by atoms with van der Waals surface area (Å²) in [6.07, 6.45) is 5.00. The van der Waals surface area contributed by atoms with Crippen LogP contribution in [0.5, 0.6) is 0 Å². The van der Waals surface area contributed by atoms with E-state index in [1.54, 1.807) is 11.8 Å². The molecule has 1 atom stereocenters. The molecule has 0 saturated heterocycles. The average Bonchev–Trinajstić information content (AvgIpc) is 3.26. The van der Waals surface area contributed by atoms with Crippen LogP contribution in [-0.4, -0.2) is 16.3 Å². The minimum Gasteiger partial charge on any atom is -0.306 e. The first-order valence-electron chi connectivity index (χ1n) is 13.7. The number of carbonyl (C=O) groups is 1. The Balaban J connectivity index is 1.68. The molecule has 2 nitrogen and oxygen atoms in total. The molecule has 208 valence electrons. The second-order valence-electron chi connectivity index (χ2n) is 11.3. The maximum atomic E-state index is 14.8. The zero-order valence-electron chi connectivity index (χ0n) is 23.5. The number of hydrogen-bond donors (Lipinski definition) is 0. The maximum absolute atomic E-state index is 14.8. The minimum atomic E-state index is -0.857. The van der Waals surface area contributed by atoms with E-state index in [2.05, 4.69) is 150 Å². The molecule has 0 spiro atoms. The van der Waals surface area contributed by atoms with Gasteiger partial charge in [0.15, 0.2) is 0 Å². The van der Waals surface area contributed by atoms with Gasteiger partial charge in [0.25, 0.3) is 0 Å². The van der Waals surface area contributed by atoms with Crippen molar-refractivity contribution in [3.05, 3.63) is 153 Å². The minimum absolute atomic E-state index is 0.101. The Hall–Kier alpha value is -2.86. The highest BCUT2D eigenvalue weighted by molar-refractivity contribution is 9.10. The van der Waals surface area contributed by atoms with Crippen molar-refractivity contribution < 1.29 is 4.79 Å². The molecule has 0 radical (unpaired) electrons. The second-order valence-corrected chi connectivity index (χ2v) is 14.2. The van der Waals surface area contributed by atoms with Crippen molar-refractivity contribution in [3.63, 3.8) is 0 Å². The first-order valence-corrected chi connectivity index (χ1v) is 16.2. The first-order chi connectivity index (χ1) is 19.6. The molecule has 0 fully saturated rings. The van der Waals surface area contributed by atoms with Gasteiger partial charge in [0, 0.05) is 30.8 Å². The molecule has 0 aromatic heterocycles. The fraction of sp³-hybridized carbons (Fsp3) is 0.194. The molecule has 0 aliphatic carbocycles. The van der Waals surface area contributed by atoms with E-state index >= 15 is 0 Å². The van der Waals surface area contributed by atoms with Gasteiger partial charge < -0.3 is 4.90 Å². The zero-order valence-corrected chi connectivity index (χ0v) is 27.5. The van der Waals surface area contributed by atoms with Crippen molar-refractivity contribution in [2.45, 2.75) is 38.5 Å². The van der Waals surface area contributed by atoms with Crippen molar-refractivity contribution in [3.8, 4) is 0 Å².